The number of hydrogen-bond donors (Lipinski definition) is 2. The second kappa shape index (κ2) is 12.6. The maximum Gasteiger partial charge on any atom is 0.254 e. The van der Waals surface area contributed by atoms with Crippen molar-refractivity contribution in [2.24, 2.45) is 5.92 Å². The van der Waals surface area contributed by atoms with E-state index in [0.717, 1.165) is 16.7 Å². The molecule has 7 nitrogen and oxygen atoms in total. The van der Waals surface area contributed by atoms with E-state index >= 15 is 0 Å². The largest absolute Gasteiger partial charge is 0.497 e. The van der Waals surface area contributed by atoms with Crippen LogP contribution in [0.5, 0.6) is 5.75 Å². The molecule has 0 saturated heterocycles. The van der Waals surface area contributed by atoms with E-state index in [1.807, 2.05) is 76.2 Å². The summed E-state index contributed by atoms with van der Waals surface area (Å²) in [5.41, 5.74) is 1.24. The van der Waals surface area contributed by atoms with Crippen LogP contribution in [0.2, 0.25) is 0 Å². The molecule has 3 rings (SSSR count). The Morgan fingerprint density at radius 1 is 0.974 bits per heavy atom. The predicted octanol–water partition coefficient (Wildman–Crippen LogP) is 4.71. The zero-order valence-corrected chi connectivity index (χ0v) is 23.6. The zero-order valence-electron chi connectivity index (χ0n) is 22.8. The molecule has 0 fully saturated rings. The summed E-state index contributed by atoms with van der Waals surface area (Å²) in [5.74, 6) is 0.215. The molecule has 1 amide bonds. The molecule has 0 bridgehead atoms. The number of aryl methyl sites for hydroxylation is 2. The number of aliphatic hydroxyl groups is 1. The standard InChI is InChI=1S/C30H38N2O5S/c1-22(2)21-32(38(35,36)27-16-14-26(37-5)15-17-27)19-18-30(34,20-25-12-7-6-8-13-25)31-29(33)28-23(3)10-9-11-24(28)4/h6-17,22,34H,18-21H2,1-5H3,(H,31,33). The molecule has 204 valence electrons. The van der Waals surface area contributed by atoms with Gasteiger partial charge in [0.15, 0.2) is 0 Å². The summed E-state index contributed by atoms with van der Waals surface area (Å²) in [6.07, 6.45) is 0.128. The molecule has 8 heteroatoms. The molecule has 0 heterocycles. The van der Waals surface area contributed by atoms with Crippen LogP contribution in [-0.4, -0.2) is 49.7 Å². The number of nitrogens with zero attached hydrogens (tertiary/aromatic N) is 1. The van der Waals surface area contributed by atoms with Crippen molar-refractivity contribution in [3.8, 4) is 5.75 Å². The maximum atomic E-state index is 13.6. The number of carbonyl (C=O) groups is 1. The molecule has 0 saturated carbocycles. The van der Waals surface area contributed by atoms with E-state index in [0.29, 0.717) is 11.3 Å². The summed E-state index contributed by atoms with van der Waals surface area (Å²) >= 11 is 0. The van der Waals surface area contributed by atoms with Gasteiger partial charge in [0.1, 0.15) is 11.5 Å². The Hall–Kier alpha value is -3.20. The van der Waals surface area contributed by atoms with Crippen molar-refractivity contribution in [3.05, 3.63) is 95.1 Å². The van der Waals surface area contributed by atoms with Gasteiger partial charge in [-0.15, -0.1) is 0 Å². The van der Waals surface area contributed by atoms with E-state index in [1.165, 1.54) is 23.5 Å². The quantitative estimate of drug-likeness (QED) is 0.326. The van der Waals surface area contributed by atoms with Crippen LogP contribution in [0.15, 0.2) is 77.7 Å². The Bertz CT molecular complexity index is 1300. The van der Waals surface area contributed by atoms with Gasteiger partial charge in [-0.05, 0) is 60.7 Å². The molecule has 0 aliphatic heterocycles. The Kier molecular flexibility index (Phi) is 9.71. The molecule has 0 radical (unpaired) electrons. The summed E-state index contributed by atoms with van der Waals surface area (Å²) in [4.78, 5) is 13.5. The minimum absolute atomic E-state index is 0.000662. The van der Waals surface area contributed by atoms with Crippen LogP contribution in [0.3, 0.4) is 0 Å². The normalized spacial score (nSPS) is 13.4. The smallest absolute Gasteiger partial charge is 0.254 e. The van der Waals surface area contributed by atoms with Crippen molar-refractivity contribution in [1.29, 1.82) is 0 Å². The Balaban J connectivity index is 1.91. The first-order chi connectivity index (χ1) is 17.9. The number of amides is 1. The highest BCUT2D eigenvalue weighted by molar-refractivity contribution is 7.89. The van der Waals surface area contributed by atoms with Crippen molar-refractivity contribution >= 4 is 15.9 Å². The van der Waals surface area contributed by atoms with Gasteiger partial charge < -0.3 is 15.2 Å². The van der Waals surface area contributed by atoms with Crippen LogP contribution >= 0.6 is 0 Å². The molecule has 0 spiro atoms. The second-order valence-corrected chi connectivity index (χ2v) is 12.0. The van der Waals surface area contributed by atoms with Crippen LogP contribution in [0, 0.1) is 19.8 Å². The van der Waals surface area contributed by atoms with E-state index in [9.17, 15) is 18.3 Å². The maximum absolute atomic E-state index is 13.6. The number of nitrogens with one attached hydrogen (secondary N) is 1. The van der Waals surface area contributed by atoms with Crippen molar-refractivity contribution in [1.82, 2.24) is 9.62 Å². The number of hydrogen-bond acceptors (Lipinski definition) is 5. The third-order valence-corrected chi connectivity index (χ3v) is 8.31. The summed E-state index contributed by atoms with van der Waals surface area (Å²) < 4.78 is 33.7. The third kappa shape index (κ3) is 7.43. The molecule has 1 atom stereocenters. The SMILES string of the molecule is COc1ccc(S(=O)(=O)N(CCC(O)(Cc2ccccc2)NC(=O)c2c(C)cccc2C)CC(C)C)cc1. The monoisotopic (exact) mass is 538 g/mol. The predicted molar refractivity (Wildman–Crippen MR) is 150 cm³/mol. The number of carbonyl (C=O) groups excluding carboxylic acids is 1. The lowest BCUT2D eigenvalue weighted by molar-refractivity contribution is -0.00271. The number of ether oxygens (including phenoxy) is 1. The minimum Gasteiger partial charge on any atom is -0.497 e. The first kappa shape index (κ1) is 29.4. The van der Waals surface area contributed by atoms with Gasteiger partial charge in [0.2, 0.25) is 10.0 Å². The summed E-state index contributed by atoms with van der Waals surface area (Å²) in [6, 6.07) is 21.2. The fourth-order valence-corrected chi connectivity index (χ4v) is 6.10. The minimum atomic E-state index is -3.86. The van der Waals surface area contributed by atoms with Crippen molar-refractivity contribution < 1.29 is 23.1 Å². The molecule has 38 heavy (non-hydrogen) atoms. The lowest BCUT2D eigenvalue weighted by Gasteiger charge is -2.33. The summed E-state index contributed by atoms with van der Waals surface area (Å²) in [7, 11) is -2.33. The second-order valence-electron chi connectivity index (χ2n) is 10.1. The molecular weight excluding hydrogens is 500 g/mol. The molecule has 0 aliphatic carbocycles. The van der Waals surface area contributed by atoms with Crippen LogP contribution in [0.1, 0.15) is 47.3 Å². The van der Waals surface area contributed by atoms with Gasteiger partial charge in [-0.1, -0.05) is 62.4 Å². The van der Waals surface area contributed by atoms with E-state index in [2.05, 4.69) is 5.32 Å². The molecular formula is C30H38N2O5S. The van der Waals surface area contributed by atoms with E-state index in [4.69, 9.17) is 4.74 Å². The Labute approximate surface area is 226 Å². The fraction of sp³-hybridized carbons (Fsp3) is 0.367. The Morgan fingerprint density at radius 3 is 2.13 bits per heavy atom. The number of sulfonamides is 1. The van der Waals surface area contributed by atoms with Crippen LogP contribution in [-0.2, 0) is 16.4 Å². The fourth-order valence-electron chi connectivity index (χ4n) is 4.50. The van der Waals surface area contributed by atoms with E-state index < -0.39 is 21.7 Å². The molecule has 3 aromatic rings. The zero-order chi connectivity index (χ0) is 27.9. The van der Waals surface area contributed by atoms with Gasteiger partial charge >= 0.3 is 0 Å². The highest BCUT2D eigenvalue weighted by Crippen LogP contribution is 2.24. The van der Waals surface area contributed by atoms with Gasteiger partial charge in [0.25, 0.3) is 5.91 Å². The first-order valence-corrected chi connectivity index (χ1v) is 14.2. The van der Waals surface area contributed by atoms with Crippen LogP contribution in [0.4, 0.5) is 0 Å². The molecule has 3 aromatic carbocycles. The van der Waals surface area contributed by atoms with Crippen molar-refractivity contribution in [2.45, 2.75) is 51.2 Å². The lowest BCUT2D eigenvalue weighted by atomic mass is 9.97. The van der Waals surface area contributed by atoms with Gasteiger partial charge in [0.05, 0.1) is 12.0 Å². The molecule has 0 aromatic heterocycles. The average molecular weight is 539 g/mol. The lowest BCUT2D eigenvalue weighted by Crippen LogP contribution is -2.52. The van der Waals surface area contributed by atoms with Gasteiger partial charge in [-0.3, -0.25) is 4.79 Å². The van der Waals surface area contributed by atoms with E-state index in [1.54, 1.807) is 12.1 Å². The van der Waals surface area contributed by atoms with E-state index in [-0.39, 0.29) is 36.7 Å². The third-order valence-electron chi connectivity index (χ3n) is 6.43. The average Bonchev–Trinajstić information content (AvgIpc) is 2.86. The Morgan fingerprint density at radius 2 is 1.58 bits per heavy atom. The topological polar surface area (TPSA) is 95.9 Å². The van der Waals surface area contributed by atoms with Crippen LogP contribution in [0.25, 0.3) is 0 Å². The number of methoxy groups -OCH3 is 1. The summed E-state index contributed by atoms with van der Waals surface area (Å²) in [6.45, 7) is 7.86. The first-order valence-electron chi connectivity index (χ1n) is 12.7. The number of benzene rings is 3. The van der Waals surface area contributed by atoms with Gasteiger partial charge in [0, 0.05) is 31.5 Å². The number of rotatable bonds is 12. The van der Waals surface area contributed by atoms with Gasteiger partial charge in [-0.2, -0.15) is 4.31 Å². The van der Waals surface area contributed by atoms with Crippen LogP contribution < -0.4 is 10.1 Å². The molecule has 1 unspecified atom stereocenters. The molecule has 0 aliphatic rings. The van der Waals surface area contributed by atoms with Crippen molar-refractivity contribution in [3.63, 3.8) is 0 Å². The van der Waals surface area contributed by atoms with Crippen molar-refractivity contribution in [2.75, 3.05) is 20.2 Å². The highest BCUT2D eigenvalue weighted by atomic mass is 32.2. The van der Waals surface area contributed by atoms with Gasteiger partial charge in [-0.25, -0.2) is 8.42 Å². The highest BCUT2D eigenvalue weighted by Gasteiger charge is 2.34. The summed E-state index contributed by atoms with van der Waals surface area (Å²) in [5, 5.41) is 14.6. The molecule has 2 N–H and O–H groups in total.